The van der Waals surface area contributed by atoms with Crippen LogP contribution in [-0.2, 0) is 6.42 Å². The smallest absolute Gasteiger partial charge is 0.119 e. The molecule has 2 heteroatoms. The minimum Gasteiger partial charge on any atom is -0.492 e. The lowest BCUT2D eigenvalue weighted by Crippen LogP contribution is -2.30. The summed E-state index contributed by atoms with van der Waals surface area (Å²) in [4.78, 5) is 0. The predicted octanol–water partition coefficient (Wildman–Crippen LogP) is 3.55. The molecule has 0 bridgehead atoms. The summed E-state index contributed by atoms with van der Waals surface area (Å²) >= 11 is 0. The largest absolute Gasteiger partial charge is 0.492 e. The molecule has 1 aliphatic carbocycles. The van der Waals surface area contributed by atoms with Crippen molar-refractivity contribution in [3.05, 3.63) is 29.8 Å². The van der Waals surface area contributed by atoms with Gasteiger partial charge in [0.2, 0.25) is 0 Å². The van der Waals surface area contributed by atoms with Crippen LogP contribution in [0.15, 0.2) is 24.3 Å². The van der Waals surface area contributed by atoms with E-state index in [0.29, 0.717) is 0 Å². The molecule has 0 heterocycles. The van der Waals surface area contributed by atoms with Crippen molar-refractivity contribution in [2.24, 2.45) is 0 Å². The molecular formula is C16H25NO. The van der Waals surface area contributed by atoms with E-state index in [1.165, 1.54) is 37.7 Å². The Kier molecular flexibility index (Phi) is 5.53. The second-order valence-corrected chi connectivity index (χ2v) is 5.18. The first-order chi connectivity index (χ1) is 8.88. The molecule has 1 fully saturated rings. The molecule has 0 spiro atoms. The van der Waals surface area contributed by atoms with Crippen LogP contribution in [0.4, 0.5) is 0 Å². The van der Waals surface area contributed by atoms with Gasteiger partial charge in [-0.3, -0.25) is 0 Å². The zero-order valence-electron chi connectivity index (χ0n) is 11.5. The lowest BCUT2D eigenvalue weighted by Gasteiger charge is -2.12. The van der Waals surface area contributed by atoms with Crippen molar-refractivity contribution in [2.45, 2.75) is 51.5 Å². The Morgan fingerprint density at radius 3 is 2.56 bits per heavy atom. The third-order valence-corrected chi connectivity index (χ3v) is 3.62. The summed E-state index contributed by atoms with van der Waals surface area (Å²) in [5.41, 5.74) is 1.40. The Bertz CT molecular complexity index is 327. The van der Waals surface area contributed by atoms with Gasteiger partial charge in [-0.1, -0.05) is 38.3 Å². The van der Waals surface area contributed by atoms with E-state index in [9.17, 15) is 0 Å². The fourth-order valence-corrected chi connectivity index (χ4v) is 2.60. The van der Waals surface area contributed by atoms with Crippen molar-refractivity contribution in [3.63, 3.8) is 0 Å². The third kappa shape index (κ3) is 4.34. The van der Waals surface area contributed by atoms with Gasteiger partial charge in [-0.05, 0) is 37.0 Å². The third-order valence-electron chi connectivity index (χ3n) is 3.62. The summed E-state index contributed by atoms with van der Waals surface area (Å²) in [6.07, 6.45) is 7.81. The standard InChI is InChI=1S/C16H25NO/c1-2-5-14-8-10-16(11-9-14)18-13-12-17-15-6-3-4-7-15/h8-11,15,17H,2-7,12-13H2,1H3. The number of ether oxygens (including phenoxy) is 1. The van der Waals surface area contributed by atoms with Gasteiger partial charge < -0.3 is 10.1 Å². The van der Waals surface area contributed by atoms with Crippen molar-refractivity contribution >= 4 is 0 Å². The van der Waals surface area contributed by atoms with E-state index in [0.717, 1.165) is 31.4 Å². The fraction of sp³-hybridized carbons (Fsp3) is 0.625. The second kappa shape index (κ2) is 7.42. The molecule has 2 rings (SSSR count). The molecular weight excluding hydrogens is 222 g/mol. The van der Waals surface area contributed by atoms with Gasteiger partial charge >= 0.3 is 0 Å². The minimum atomic E-state index is 0.737. The first kappa shape index (κ1) is 13.4. The lowest BCUT2D eigenvalue weighted by molar-refractivity contribution is 0.305. The Balaban J connectivity index is 1.63. The van der Waals surface area contributed by atoms with Crippen LogP contribution in [0.25, 0.3) is 0 Å². The molecule has 1 N–H and O–H groups in total. The number of rotatable bonds is 7. The van der Waals surface area contributed by atoms with Crippen LogP contribution in [0.1, 0.15) is 44.6 Å². The van der Waals surface area contributed by atoms with Gasteiger partial charge in [0.1, 0.15) is 12.4 Å². The van der Waals surface area contributed by atoms with Gasteiger partial charge in [0.05, 0.1) is 0 Å². The predicted molar refractivity (Wildman–Crippen MR) is 76.2 cm³/mol. The Hall–Kier alpha value is -1.02. The van der Waals surface area contributed by atoms with Crippen molar-refractivity contribution in [3.8, 4) is 5.75 Å². The van der Waals surface area contributed by atoms with Crippen molar-refractivity contribution in [2.75, 3.05) is 13.2 Å². The van der Waals surface area contributed by atoms with E-state index in [4.69, 9.17) is 4.74 Å². The summed E-state index contributed by atoms with van der Waals surface area (Å²) in [5.74, 6) is 0.989. The second-order valence-electron chi connectivity index (χ2n) is 5.18. The van der Waals surface area contributed by atoms with E-state index in [1.54, 1.807) is 0 Å². The summed E-state index contributed by atoms with van der Waals surface area (Å²) in [6.45, 7) is 3.93. The number of hydrogen-bond acceptors (Lipinski definition) is 2. The van der Waals surface area contributed by atoms with Crippen LogP contribution in [0, 0.1) is 0 Å². The molecule has 0 atom stereocenters. The maximum Gasteiger partial charge on any atom is 0.119 e. The van der Waals surface area contributed by atoms with Crippen LogP contribution >= 0.6 is 0 Å². The Morgan fingerprint density at radius 2 is 1.89 bits per heavy atom. The minimum absolute atomic E-state index is 0.737. The molecule has 0 saturated heterocycles. The first-order valence-electron chi connectivity index (χ1n) is 7.33. The topological polar surface area (TPSA) is 21.3 Å². The van der Waals surface area contributed by atoms with E-state index in [2.05, 4.69) is 36.5 Å². The van der Waals surface area contributed by atoms with Gasteiger partial charge in [-0.25, -0.2) is 0 Å². The van der Waals surface area contributed by atoms with Gasteiger partial charge in [0.25, 0.3) is 0 Å². The Labute approximate surface area is 111 Å². The monoisotopic (exact) mass is 247 g/mol. The molecule has 1 saturated carbocycles. The van der Waals surface area contributed by atoms with Crippen LogP contribution < -0.4 is 10.1 Å². The van der Waals surface area contributed by atoms with Crippen molar-refractivity contribution < 1.29 is 4.74 Å². The average Bonchev–Trinajstić information content (AvgIpc) is 2.90. The van der Waals surface area contributed by atoms with E-state index < -0.39 is 0 Å². The highest BCUT2D eigenvalue weighted by Gasteiger charge is 2.13. The molecule has 100 valence electrons. The maximum absolute atomic E-state index is 5.74. The SMILES string of the molecule is CCCc1ccc(OCCNC2CCCC2)cc1. The zero-order valence-corrected chi connectivity index (χ0v) is 11.5. The molecule has 1 aromatic rings. The van der Waals surface area contributed by atoms with Crippen LogP contribution in [0.5, 0.6) is 5.75 Å². The summed E-state index contributed by atoms with van der Waals surface area (Å²) in [5, 5.41) is 3.56. The highest BCUT2D eigenvalue weighted by atomic mass is 16.5. The quantitative estimate of drug-likeness (QED) is 0.744. The number of aryl methyl sites for hydroxylation is 1. The number of hydrogen-bond donors (Lipinski definition) is 1. The molecule has 1 aromatic carbocycles. The summed E-state index contributed by atoms with van der Waals surface area (Å²) < 4.78 is 5.74. The average molecular weight is 247 g/mol. The van der Waals surface area contributed by atoms with E-state index >= 15 is 0 Å². The molecule has 0 aliphatic heterocycles. The number of benzene rings is 1. The molecule has 18 heavy (non-hydrogen) atoms. The van der Waals surface area contributed by atoms with Crippen LogP contribution in [-0.4, -0.2) is 19.2 Å². The normalized spacial score (nSPS) is 16.1. The molecule has 0 aromatic heterocycles. The maximum atomic E-state index is 5.74. The summed E-state index contributed by atoms with van der Waals surface area (Å²) in [6, 6.07) is 9.24. The van der Waals surface area contributed by atoms with Gasteiger partial charge in [0.15, 0.2) is 0 Å². The fourth-order valence-electron chi connectivity index (χ4n) is 2.60. The number of nitrogens with one attached hydrogen (secondary N) is 1. The summed E-state index contributed by atoms with van der Waals surface area (Å²) in [7, 11) is 0. The van der Waals surface area contributed by atoms with E-state index in [-0.39, 0.29) is 0 Å². The zero-order chi connectivity index (χ0) is 12.6. The highest BCUT2D eigenvalue weighted by Crippen LogP contribution is 2.17. The van der Waals surface area contributed by atoms with E-state index in [1.807, 2.05) is 0 Å². The Morgan fingerprint density at radius 1 is 1.17 bits per heavy atom. The molecule has 1 aliphatic rings. The molecule has 0 amide bonds. The lowest BCUT2D eigenvalue weighted by atomic mass is 10.1. The first-order valence-corrected chi connectivity index (χ1v) is 7.33. The highest BCUT2D eigenvalue weighted by molar-refractivity contribution is 5.27. The van der Waals surface area contributed by atoms with Crippen LogP contribution in [0.3, 0.4) is 0 Å². The van der Waals surface area contributed by atoms with Gasteiger partial charge in [-0.2, -0.15) is 0 Å². The molecule has 2 nitrogen and oxygen atoms in total. The van der Waals surface area contributed by atoms with Gasteiger partial charge in [-0.15, -0.1) is 0 Å². The molecule has 0 radical (unpaired) electrons. The van der Waals surface area contributed by atoms with Crippen molar-refractivity contribution in [1.29, 1.82) is 0 Å². The van der Waals surface area contributed by atoms with Gasteiger partial charge in [0, 0.05) is 12.6 Å². The van der Waals surface area contributed by atoms with Crippen molar-refractivity contribution in [1.82, 2.24) is 5.32 Å². The van der Waals surface area contributed by atoms with Crippen LogP contribution in [0.2, 0.25) is 0 Å². The molecule has 0 unspecified atom stereocenters.